The number of esters is 1. The Balaban J connectivity index is 2.45. The summed E-state index contributed by atoms with van der Waals surface area (Å²) < 4.78 is 5.22. The molecule has 1 fully saturated rings. The molecule has 0 saturated carbocycles. The van der Waals surface area contributed by atoms with E-state index in [0.29, 0.717) is 0 Å². The van der Waals surface area contributed by atoms with Crippen molar-refractivity contribution in [2.45, 2.75) is 32.3 Å². The van der Waals surface area contributed by atoms with E-state index in [1.165, 1.54) is 0 Å². The first-order valence-electron chi connectivity index (χ1n) is 4.77. The maximum atomic E-state index is 11.3. The number of carbonyl (C=O) groups excluding carboxylic acids is 1. The third-order valence-electron chi connectivity index (χ3n) is 2.36. The molecular formula is C11H16O2. The molecular weight excluding hydrogens is 164 g/mol. The van der Waals surface area contributed by atoms with Gasteiger partial charge in [0.15, 0.2) is 0 Å². The van der Waals surface area contributed by atoms with Crippen molar-refractivity contribution in [2.24, 2.45) is 5.92 Å². The average Bonchev–Trinajstić information content (AvgIpc) is 2.15. The summed E-state index contributed by atoms with van der Waals surface area (Å²) in [5.41, 5.74) is 0. The molecule has 0 N–H and O–H groups in total. The maximum Gasteiger partial charge on any atom is 0.309 e. The van der Waals surface area contributed by atoms with Crippen LogP contribution in [-0.2, 0) is 9.53 Å². The molecule has 72 valence electrons. The van der Waals surface area contributed by atoms with Gasteiger partial charge in [0, 0.05) is 0 Å². The molecule has 0 aliphatic carbocycles. The molecule has 13 heavy (non-hydrogen) atoms. The minimum Gasteiger partial charge on any atom is -0.458 e. The number of hydrogen-bond acceptors (Lipinski definition) is 2. The molecule has 1 rings (SSSR count). The fourth-order valence-corrected chi connectivity index (χ4v) is 1.50. The predicted molar refractivity (Wildman–Crippen MR) is 52.2 cm³/mol. The summed E-state index contributed by atoms with van der Waals surface area (Å²) in [5.74, 6) is 0.0702. The number of rotatable bonds is 3. The SMILES string of the molecule is C=C/C=C/C1CCC(CC)C(=O)O1. The second-order valence-corrected chi connectivity index (χ2v) is 3.28. The van der Waals surface area contributed by atoms with E-state index >= 15 is 0 Å². The van der Waals surface area contributed by atoms with Crippen LogP contribution in [0.25, 0.3) is 0 Å². The molecule has 1 aliphatic rings. The van der Waals surface area contributed by atoms with Crippen LogP contribution < -0.4 is 0 Å². The van der Waals surface area contributed by atoms with Crippen molar-refractivity contribution in [3.8, 4) is 0 Å². The van der Waals surface area contributed by atoms with Crippen molar-refractivity contribution < 1.29 is 9.53 Å². The van der Waals surface area contributed by atoms with E-state index in [1.807, 2.05) is 19.1 Å². The van der Waals surface area contributed by atoms with Gasteiger partial charge in [0.25, 0.3) is 0 Å². The summed E-state index contributed by atoms with van der Waals surface area (Å²) in [7, 11) is 0. The minimum absolute atomic E-state index is 0.0340. The fraction of sp³-hybridized carbons (Fsp3) is 0.545. The highest BCUT2D eigenvalue weighted by Crippen LogP contribution is 2.23. The van der Waals surface area contributed by atoms with Gasteiger partial charge in [-0.3, -0.25) is 4.79 Å². The van der Waals surface area contributed by atoms with Crippen molar-refractivity contribution in [3.05, 3.63) is 24.8 Å². The van der Waals surface area contributed by atoms with Crippen LogP contribution in [-0.4, -0.2) is 12.1 Å². The van der Waals surface area contributed by atoms with Crippen LogP contribution in [0.5, 0.6) is 0 Å². The second kappa shape index (κ2) is 4.85. The average molecular weight is 180 g/mol. The van der Waals surface area contributed by atoms with E-state index in [4.69, 9.17) is 4.74 Å². The first kappa shape index (κ1) is 10.0. The van der Waals surface area contributed by atoms with Crippen LogP contribution in [0, 0.1) is 5.92 Å². The Morgan fingerprint density at radius 3 is 2.92 bits per heavy atom. The zero-order valence-corrected chi connectivity index (χ0v) is 8.03. The quantitative estimate of drug-likeness (QED) is 0.492. The second-order valence-electron chi connectivity index (χ2n) is 3.28. The first-order valence-corrected chi connectivity index (χ1v) is 4.77. The fourth-order valence-electron chi connectivity index (χ4n) is 1.50. The van der Waals surface area contributed by atoms with Gasteiger partial charge in [0.1, 0.15) is 6.10 Å². The van der Waals surface area contributed by atoms with E-state index in [9.17, 15) is 4.79 Å². The Kier molecular flexibility index (Phi) is 3.74. The molecule has 2 atom stereocenters. The minimum atomic E-state index is -0.0486. The third kappa shape index (κ3) is 2.72. The summed E-state index contributed by atoms with van der Waals surface area (Å²) in [5, 5.41) is 0. The lowest BCUT2D eigenvalue weighted by Gasteiger charge is -2.25. The maximum absolute atomic E-state index is 11.3. The predicted octanol–water partition coefficient (Wildman–Crippen LogP) is 2.46. The molecule has 1 aliphatic heterocycles. The zero-order chi connectivity index (χ0) is 9.68. The highest BCUT2D eigenvalue weighted by atomic mass is 16.5. The highest BCUT2D eigenvalue weighted by Gasteiger charge is 2.26. The summed E-state index contributed by atoms with van der Waals surface area (Å²) in [6, 6.07) is 0. The smallest absolute Gasteiger partial charge is 0.309 e. The van der Waals surface area contributed by atoms with Crippen LogP contribution in [0.3, 0.4) is 0 Å². The molecule has 2 nitrogen and oxygen atoms in total. The largest absolute Gasteiger partial charge is 0.458 e. The Hall–Kier alpha value is -1.05. The Labute approximate surface area is 79.3 Å². The molecule has 0 amide bonds. The molecule has 1 saturated heterocycles. The molecule has 0 aromatic heterocycles. The molecule has 1 heterocycles. The van der Waals surface area contributed by atoms with Gasteiger partial charge in [0.05, 0.1) is 5.92 Å². The van der Waals surface area contributed by atoms with Crippen molar-refractivity contribution in [2.75, 3.05) is 0 Å². The standard InChI is InChI=1S/C11H16O2/c1-3-5-6-10-8-7-9(4-2)11(12)13-10/h3,5-6,9-10H,1,4,7-8H2,2H3/b6-5+. The summed E-state index contributed by atoms with van der Waals surface area (Å²) in [4.78, 5) is 11.3. The van der Waals surface area contributed by atoms with Crippen LogP contribution in [0.15, 0.2) is 24.8 Å². The van der Waals surface area contributed by atoms with E-state index in [2.05, 4.69) is 6.58 Å². The summed E-state index contributed by atoms with van der Waals surface area (Å²) in [6.45, 7) is 5.59. The number of allylic oxidation sites excluding steroid dienone is 2. The first-order chi connectivity index (χ1) is 6.27. The lowest BCUT2D eigenvalue weighted by molar-refractivity contribution is -0.157. The van der Waals surface area contributed by atoms with Gasteiger partial charge in [-0.2, -0.15) is 0 Å². The van der Waals surface area contributed by atoms with Crippen LogP contribution in [0.2, 0.25) is 0 Å². The van der Waals surface area contributed by atoms with Gasteiger partial charge in [-0.25, -0.2) is 0 Å². The van der Waals surface area contributed by atoms with Gasteiger partial charge in [-0.05, 0) is 25.3 Å². The normalized spacial score (nSPS) is 28.8. The van der Waals surface area contributed by atoms with Crippen molar-refractivity contribution in [1.29, 1.82) is 0 Å². The van der Waals surface area contributed by atoms with E-state index in [1.54, 1.807) is 6.08 Å². The van der Waals surface area contributed by atoms with Crippen molar-refractivity contribution in [3.63, 3.8) is 0 Å². The molecule has 0 aromatic carbocycles. The topological polar surface area (TPSA) is 26.3 Å². The number of cyclic esters (lactones) is 1. The van der Waals surface area contributed by atoms with Crippen LogP contribution in [0.4, 0.5) is 0 Å². The highest BCUT2D eigenvalue weighted by molar-refractivity contribution is 5.73. The number of ether oxygens (including phenoxy) is 1. The molecule has 0 radical (unpaired) electrons. The summed E-state index contributed by atoms with van der Waals surface area (Å²) in [6.07, 6.45) is 8.14. The third-order valence-corrected chi connectivity index (χ3v) is 2.36. The van der Waals surface area contributed by atoms with Gasteiger partial charge in [-0.1, -0.05) is 25.7 Å². The van der Waals surface area contributed by atoms with Crippen molar-refractivity contribution >= 4 is 5.97 Å². The molecule has 2 unspecified atom stereocenters. The lowest BCUT2D eigenvalue weighted by atomic mass is 9.95. The van der Waals surface area contributed by atoms with Gasteiger partial charge in [0.2, 0.25) is 0 Å². The molecule has 0 aromatic rings. The zero-order valence-electron chi connectivity index (χ0n) is 8.03. The Morgan fingerprint density at radius 1 is 1.62 bits per heavy atom. The van der Waals surface area contributed by atoms with E-state index < -0.39 is 0 Å². The number of hydrogen-bond donors (Lipinski definition) is 0. The van der Waals surface area contributed by atoms with E-state index in [0.717, 1.165) is 19.3 Å². The van der Waals surface area contributed by atoms with Gasteiger partial charge >= 0.3 is 5.97 Å². The Bertz CT molecular complexity index is 218. The van der Waals surface area contributed by atoms with Crippen molar-refractivity contribution in [1.82, 2.24) is 0 Å². The number of carbonyl (C=O) groups is 1. The summed E-state index contributed by atoms with van der Waals surface area (Å²) >= 11 is 0. The van der Waals surface area contributed by atoms with Crippen LogP contribution >= 0.6 is 0 Å². The van der Waals surface area contributed by atoms with Crippen LogP contribution in [0.1, 0.15) is 26.2 Å². The monoisotopic (exact) mass is 180 g/mol. The molecule has 2 heteroatoms. The molecule has 0 spiro atoms. The van der Waals surface area contributed by atoms with Gasteiger partial charge in [-0.15, -0.1) is 0 Å². The lowest BCUT2D eigenvalue weighted by Crippen LogP contribution is -2.29. The Morgan fingerprint density at radius 2 is 2.38 bits per heavy atom. The van der Waals surface area contributed by atoms with E-state index in [-0.39, 0.29) is 18.0 Å². The molecule has 0 bridgehead atoms. The van der Waals surface area contributed by atoms with Gasteiger partial charge < -0.3 is 4.74 Å².